The number of aliphatic hydroxyl groups excluding tert-OH is 1. The average molecular weight is 322 g/mol. The highest BCUT2D eigenvalue weighted by atomic mass is 16.5. The number of aliphatic hydroxyl groups is 1. The number of allylic oxidation sites excluding steroid dienone is 3. The normalized spacial score (nSPS) is 16.3. The van der Waals surface area contributed by atoms with Crippen molar-refractivity contribution in [1.82, 2.24) is 5.32 Å². The second kappa shape index (κ2) is 11.7. The third-order valence-electron chi connectivity index (χ3n) is 3.43. The Morgan fingerprint density at radius 2 is 2.22 bits per heavy atom. The number of esters is 1. The summed E-state index contributed by atoms with van der Waals surface area (Å²) in [7, 11) is 0. The van der Waals surface area contributed by atoms with Crippen molar-refractivity contribution < 1.29 is 19.4 Å². The fraction of sp³-hybridized carbons (Fsp3) is 0.647. The molecule has 1 aliphatic carbocycles. The zero-order valence-corrected chi connectivity index (χ0v) is 13.8. The molecule has 0 fully saturated rings. The Labute approximate surface area is 137 Å². The maximum atomic E-state index is 12.0. The third-order valence-corrected chi connectivity index (χ3v) is 3.43. The van der Waals surface area contributed by atoms with Crippen molar-refractivity contribution in [3.05, 3.63) is 22.9 Å². The predicted octanol–water partition coefficient (Wildman–Crippen LogP) is 1.82. The smallest absolute Gasteiger partial charge is 0.349 e. The molecule has 0 unspecified atom stereocenters. The standard InChI is InChI=1S/C17H26N2O4/c1-2-22-10-5-11-23-17(21)16(13-18)14-6-3-7-15(12-14)19-8-4-9-20/h12,19-20H,2-11H2,1H3/b16-14-. The maximum absolute atomic E-state index is 12.0. The molecule has 23 heavy (non-hydrogen) atoms. The van der Waals surface area contributed by atoms with Gasteiger partial charge in [0.15, 0.2) is 0 Å². The number of nitriles is 1. The van der Waals surface area contributed by atoms with Crippen LogP contribution in [0.15, 0.2) is 22.9 Å². The van der Waals surface area contributed by atoms with Crippen LogP contribution in [-0.2, 0) is 14.3 Å². The lowest BCUT2D eigenvalue weighted by Crippen LogP contribution is -2.19. The van der Waals surface area contributed by atoms with E-state index in [1.165, 1.54) is 0 Å². The fourth-order valence-corrected chi connectivity index (χ4v) is 2.28. The fourth-order valence-electron chi connectivity index (χ4n) is 2.28. The molecule has 0 aromatic heterocycles. The number of hydrogen-bond donors (Lipinski definition) is 2. The number of carbonyl (C=O) groups excluding carboxylic acids is 1. The van der Waals surface area contributed by atoms with Crippen LogP contribution in [0.1, 0.15) is 39.0 Å². The van der Waals surface area contributed by atoms with Crippen LogP contribution in [0.2, 0.25) is 0 Å². The molecule has 2 N–H and O–H groups in total. The summed E-state index contributed by atoms with van der Waals surface area (Å²) < 4.78 is 10.3. The number of ether oxygens (including phenoxy) is 2. The van der Waals surface area contributed by atoms with Crippen LogP contribution in [0.3, 0.4) is 0 Å². The van der Waals surface area contributed by atoms with E-state index in [1.807, 2.05) is 19.1 Å². The molecule has 1 rings (SSSR count). The molecule has 0 amide bonds. The minimum atomic E-state index is -0.563. The second-order valence-electron chi connectivity index (χ2n) is 5.23. The highest BCUT2D eigenvalue weighted by Gasteiger charge is 2.18. The number of rotatable bonds is 10. The maximum Gasteiger partial charge on any atom is 0.349 e. The van der Waals surface area contributed by atoms with Crippen LogP contribution in [0.4, 0.5) is 0 Å². The van der Waals surface area contributed by atoms with Crippen LogP contribution in [0, 0.1) is 11.3 Å². The van der Waals surface area contributed by atoms with Crippen LogP contribution in [0.5, 0.6) is 0 Å². The summed E-state index contributed by atoms with van der Waals surface area (Å²) in [6.07, 6.45) is 5.62. The largest absolute Gasteiger partial charge is 0.461 e. The van der Waals surface area contributed by atoms with E-state index in [1.54, 1.807) is 0 Å². The van der Waals surface area contributed by atoms with Crippen LogP contribution in [0.25, 0.3) is 0 Å². The molecule has 0 saturated carbocycles. The number of nitrogens with zero attached hydrogens (tertiary/aromatic N) is 1. The van der Waals surface area contributed by atoms with Crippen molar-refractivity contribution in [1.29, 1.82) is 5.26 Å². The minimum Gasteiger partial charge on any atom is -0.461 e. The van der Waals surface area contributed by atoms with Gasteiger partial charge in [-0.3, -0.25) is 0 Å². The van der Waals surface area contributed by atoms with E-state index in [0.717, 1.165) is 24.1 Å². The van der Waals surface area contributed by atoms with E-state index in [-0.39, 0.29) is 18.8 Å². The Kier molecular flexibility index (Phi) is 9.76. The first kappa shape index (κ1) is 19.2. The number of carbonyl (C=O) groups is 1. The minimum absolute atomic E-state index is 0.0857. The Bertz CT molecular complexity index is 477. The van der Waals surface area contributed by atoms with E-state index in [4.69, 9.17) is 14.6 Å². The molecule has 0 aromatic carbocycles. The molecule has 0 saturated heterocycles. The zero-order valence-electron chi connectivity index (χ0n) is 13.8. The van der Waals surface area contributed by atoms with Gasteiger partial charge in [0.05, 0.1) is 6.61 Å². The summed E-state index contributed by atoms with van der Waals surface area (Å²) >= 11 is 0. The molecule has 1 aliphatic rings. The van der Waals surface area contributed by atoms with Crippen molar-refractivity contribution in [2.75, 3.05) is 33.0 Å². The Hall–Kier alpha value is -1.84. The van der Waals surface area contributed by atoms with Gasteiger partial charge in [-0.25, -0.2) is 4.79 Å². The molecule has 0 heterocycles. The zero-order chi connectivity index (χ0) is 16.9. The van der Waals surface area contributed by atoms with Gasteiger partial charge in [0.2, 0.25) is 0 Å². The molecule has 0 radical (unpaired) electrons. The first-order chi connectivity index (χ1) is 11.2. The van der Waals surface area contributed by atoms with Crippen LogP contribution in [-0.4, -0.2) is 44.0 Å². The van der Waals surface area contributed by atoms with Gasteiger partial charge >= 0.3 is 5.97 Å². The third kappa shape index (κ3) is 7.31. The molecule has 0 spiro atoms. The monoisotopic (exact) mass is 322 g/mol. The summed E-state index contributed by atoms with van der Waals surface area (Å²) in [5.41, 5.74) is 1.80. The summed E-state index contributed by atoms with van der Waals surface area (Å²) in [6.45, 7) is 4.16. The molecule has 0 aromatic rings. The lowest BCUT2D eigenvalue weighted by Gasteiger charge is -2.18. The topological polar surface area (TPSA) is 91.6 Å². The summed E-state index contributed by atoms with van der Waals surface area (Å²) in [6, 6.07) is 1.97. The number of nitrogens with one attached hydrogen (secondary N) is 1. The van der Waals surface area contributed by atoms with Crippen molar-refractivity contribution >= 4 is 5.97 Å². The van der Waals surface area contributed by atoms with E-state index < -0.39 is 5.97 Å². The Morgan fingerprint density at radius 1 is 1.39 bits per heavy atom. The molecule has 0 bridgehead atoms. The first-order valence-electron chi connectivity index (χ1n) is 8.16. The summed E-state index contributed by atoms with van der Waals surface area (Å²) in [5.74, 6) is -0.563. The lowest BCUT2D eigenvalue weighted by molar-refractivity contribution is -0.139. The molecule has 6 heteroatoms. The molecule has 0 aliphatic heterocycles. The molecule has 6 nitrogen and oxygen atoms in total. The predicted molar refractivity (Wildman–Crippen MR) is 86.3 cm³/mol. The van der Waals surface area contributed by atoms with Crippen LogP contribution < -0.4 is 5.32 Å². The van der Waals surface area contributed by atoms with Gasteiger partial charge in [0.25, 0.3) is 0 Å². The van der Waals surface area contributed by atoms with Crippen molar-refractivity contribution in [2.24, 2.45) is 0 Å². The lowest BCUT2D eigenvalue weighted by atomic mass is 9.95. The number of hydrogen-bond acceptors (Lipinski definition) is 6. The van der Waals surface area contributed by atoms with E-state index >= 15 is 0 Å². The highest BCUT2D eigenvalue weighted by Crippen LogP contribution is 2.24. The Balaban J connectivity index is 2.61. The van der Waals surface area contributed by atoms with Gasteiger partial charge in [0.1, 0.15) is 11.6 Å². The van der Waals surface area contributed by atoms with Gasteiger partial charge in [-0.2, -0.15) is 5.26 Å². The van der Waals surface area contributed by atoms with Crippen molar-refractivity contribution in [2.45, 2.75) is 39.0 Å². The molecule has 0 atom stereocenters. The van der Waals surface area contributed by atoms with Gasteiger partial charge in [0, 0.05) is 38.5 Å². The SMILES string of the molecule is CCOCCCOC(=O)/C(C#N)=C1\C=C(NCCCO)CCC1. The van der Waals surface area contributed by atoms with Crippen molar-refractivity contribution in [3.63, 3.8) is 0 Å². The quantitative estimate of drug-likeness (QED) is 0.276. The van der Waals surface area contributed by atoms with E-state index in [9.17, 15) is 10.1 Å². The van der Waals surface area contributed by atoms with Gasteiger partial charge in [-0.1, -0.05) is 0 Å². The first-order valence-corrected chi connectivity index (χ1v) is 8.16. The second-order valence-corrected chi connectivity index (χ2v) is 5.23. The van der Waals surface area contributed by atoms with E-state index in [2.05, 4.69) is 5.32 Å². The molecular weight excluding hydrogens is 296 g/mol. The molecular formula is C17H26N2O4. The van der Waals surface area contributed by atoms with Gasteiger partial charge < -0.3 is 19.9 Å². The van der Waals surface area contributed by atoms with Crippen LogP contribution >= 0.6 is 0 Å². The van der Waals surface area contributed by atoms with Gasteiger partial charge in [-0.05, 0) is 44.3 Å². The van der Waals surface area contributed by atoms with Gasteiger partial charge in [-0.15, -0.1) is 0 Å². The average Bonchev–Trinajstić information content (AvgIpc) is 2.56. The summed E-state index contributed by atoms with van der Waals surface area (Å²) in [5, 5.41) is 21.3. The Morgan fingerprint density at radius 3 is 2.91 bits per heavy atom. The van der Waals surface area contributed by atoms with E-state index in [0.29, 0.717) is 39.0 Å². The molecule has 128 valence electrons. The van der Waals surface area contributed by atoms with Crippen molar-refractivity contribution in [3.8, 4) is 6.07 Å². The summed E-state index contributed by atoms with van der Waals surface area (Å²) in [4.78, 5) is 12.0. The highest BCUT2D eigenvalue weighted by molar-refractivity contribution is 5.94.